The predicted molar refractivity (Wildman–Crippen MR) is 66.0 cm³/mol. The Balaban J connectivity index is 1.92. The number of carbonyl (C=O) groups is 1. The van der Waals surface area contributed by atoms with Crippen LogP contribution >= 0.6 is 0 Å². The van der Waals surface area contributed by atoms with Gasteiger partial charge in [-0.15, -0.1) is 0 Å². The van der Waals surface area contributed by atoms with Crippen LogP contribution in [0.5, 0.6) is 0 Å². The van der Waals surface area contributed by atoms with E-state index < -0.39 is 5.97 Å². The third-order valence-electron chi connectivity index (χ3n) is 2.59. The Bertz CT molecular complexity index is 441. The SMILES string of the molecule is CCOC(=O)C1=COC=C(CC2=CC=CCC2)O1. The van der Waals surface area contributed by atoms with Crippen LogP contribution in [0.4, 0.5) is 0 Å². The van der Waals surface area contributed by atoms with Gasteiger partial charge in [-0.3, -0.25) is 0 Å². The first kappa shape index (κ1) is 12.5. The van der Waals surface area contributed by atoms with Crippen LogP contribution in [0.2, 0.25) is 0 Å². The van der Waals surface area contributed by atoms with Crippen LogP contribution in [0, 0.1) is 0 Å². The minimum atomic E-state index is -0.499. The van der Waals surface area contributed by atoms with E-state index in [9.17, 15) is 4.79 Å². The summed E-state index contributed by atoms with van der Waals surface area (Å²) in [4.78, 5) is 11.5. The minimum Gasteiger partial charge on any atom is -0.465 e. The van der Waals surface area contributed by atoms with Crippen molar-refractivity contribution in [1.82, 2.24) is 0 Å². The second kappa shape index (κ2) is 6.10. The van der Waals surface area contributed by atoms with Gasteiger partial charge in [0.1, 0.15) is 18.3 Å². The van der Waals surface area contributed by atoms with Crippen LogP contribution in [0.25, 0.3) is 0 Å². The monoisotopic (exact) mass is 248 g/mol. The molecule has 1 aliphatic carbocycles. The standard InChI is InChI=1S/C14H16O4/c1-2-17-14(15)13-10-16-9-12(18-13)8-11-6-4-3-5-7-11/h3-4,6,9-10H,2,5,7-8H2,1H3. The summed E-state index contributed by atoms with van der Waals surface area (Å²) in [6, 6.07) is 0. The zero-order chi connectivity index (χ0) is 12.8. The number of hydrogen-bond donors (Lipinski definition) is 0. The predicted octanol–water partition coefficient (Wildman–Crippen LogP) is 2.95. The Morgan fingerprint density at radius 1 is 1.44 bits per heavy atom. The first-order valence-electron chi connectivity index (χ1n) is 6.04. The molecule has 0 aromatic heterocycles. The fraction of sp³-hybridized carbons (Fsp3) is 0.357. The van der Waals surface area contributed by atoms with Crippen molar-refractivity contribution in [2.75, 3.05) is 6.61 Å². The highest BCUT2D eigenvalue weighted by molar-refractivity contribution is 5.86. The number of hydrogen-bond acceptors (Lipinski definition) is 4. The lowest BCUT2D eigenvalue weighted by molar-refractivity contribution is -0.142. The summed E-state index contributed by atoms with van der Waals surface area (Å²) in [6.45, 7) is 2.06. The molecule has 96 valence electrons. The van der Waals surface area contributed by atoms with Crippen LogP contribution in [-0.2, 0) is 19.0 Å². The quantitative estimate of drug-likeness (QED) is 0.717. The largest absolute Gasteiger partial charge is 0.465 e. The molecule has 0 aromatic rings. The fourth-order valence-corrected chi connectivity index (χ4v) is 1.75. The summed E-state index contributed by atoms with van der Waals surface area (Å²) in [5.74, 6) is 0.226. The molecule has 18 heavy (non-hydrogen) atoms. The van der Waals surface area contributed by atoms with Crippen molar-refractivity contribution in [3.05, 3.63) is 47.8 Å². The average Bonchev–Trinajstić information content (AvgIpc) is 2.40. The lowest BCUT2D eigenvalue weighted by atomic mass is 10.0. The molecule has 1 heterocycles. The van der Waals surface area contributed by atoms with Crippen molar-refractivity contribution in [3.8, 4) is 0 Å². The van der Waals surface area contributed by atoms with Gasteiger partial charge in [-0.1, -0.05) is 23.8 Å². The van der Waals surface area contributed by atoms with Crippen LogP contribution in [0.3, 0.4) is 0 Å². The molecule has 4 heteroatoms. The molecule has 1 aliphatic heterocycles. The summed E-state index contributed by atoms with van der Waals surface area (Å²) in [7, 11) is 0. The maximum absolute atomic E-state index is 11.5. The van der Waals surface area contributed by atoms with E-state index in [4.69, 9.17) is 14.2 Å². The molecule has 4 nitrogen and oxygen atoms in total. The van der Waals surface area contributed by atoms with Crippen LogP contribution in [-0.4, -0.2) is 12.6 Å². The lowest BCUT2D eigenvalue weighted by Crippen LogP contribution is -2.13. The van der Waals surface area contributed by atoms with Crippen molar-refractivity contribution in [3.63, 3.8) is 0 Å². The third kappa shape index (κ3) is 3.26. The van der Waals surface area contributed by atoms with Crippen molar-refractivity contribution < 1.29 is 19.0 Å². The smallest absolute Gasteiger partial charge is 0.377 e. The van der Waals surface area contributed by atoms with E-state index in [0.717, 1.165) is 12.8 Å². The second-order valence-electron chi connectivity index (χ2n) is 3.99. The van der Waals surface area contributed by atoms with Gasteiger partial charge in [0.05, 0.1) is 6.61 Å². The number of esters is 1. The Morgan fingerprint density at radius 2 is 2.33 bits per heavy atom. The molecule has 0 amide bonds. The van der Waals surface area contributed by atoms with Gasteiger partial charge < -0.3 is 14.2 Å². The molecule has 0 atom stereocenters. The number of ether oxygens (including phenoxy) is 3. The second-order valence-corrected chi connectivity index (χ2v) is 3.99. The maximum atomic E-state index is 11.5. The Morgan fingerprint density at radius 3 is 3.06 bits per heavy atom. The van der Waals surface area contributed by atoms with Crippen molar-refractivity contribution in [2.45, 2.75) is 26.2 Å². The summed E-state index contributed by atoms with van der Waals surface area (Å²) in [5.41, 5.74) is 1.26. The number of rotatable bonds is 4. The Kier molecular flexibility index (Phi) is 4.23. The Labute approximate surface area is 106 Å². The molecule has 0 aromatic carbocycles. The summed E-state index contributed by atoms with van der Waals surface area (Å²) >= 11 is 0. The van der Waals surface area contributed by atoms with Gasteiger partial charge in [0, 0.05) is 6.42 Å². The van der Waals surface area contributed by atoms with Gasteiger partial charge in [-0.05, 0) is 19.8 Å². The van der Waals surface area contributed by atoms with Gasteiger partial charge in [0.25, 0.3) is 0 Å². The van der Waals surface area contributed by atoms with E-state index in [0.29, 0.717) is 18.8 Å². The zero-order valence-electron chi connectivity index (χ0n) is 10.3. The van der Waals surface area contributed by atoms with Crippen molar-refractivity contribution in [2.24, 2.45) is 0 Å². The first-order valence-corrected chi connectivity index (χ1v) is 6.04. The molecule has 0 saturated carbocycles. The van der Waals surface area contributed by atoms with Gasteiger partial charge >= 0.3 is 5.97 Å². The number of carbonyl (C=O) groups excluding carboxylic acids is 1. The fourth-order valence-electron chi connectivity index (χ4n) is 1.75. The van der Waals surface area contributed by atoms with Crippen molar-refractivity contribution in [1.29, 1.82) is 0 Å². The minimum absolute atomic E-state index is 0.0984. The van der Waals surface area contributed by atoms with Crippen molar-refractivity contribution >= 4 is 5.97 Å². The van der Waals surface area contributed by atoms with Crippen LogP contribution in [0.15, 0.2) is 47.8 Å². The summed E-state index contributed by atoms with van der Waals surface area (Å²) in [6.07, 6.45) is 11.7. The molecule has 0 spiro atoms. The molecular weight excluding hydrogens is 232 g/mol. The van der Waals surface area contributed by atoms with E-state index in [2.05, 4.69) is 12.2 Å². The number of allylic oxidation sites excluding steroid dienone is 4. The van der Waals surface area contributed by atoms with Crippen LogP contribution < -0.4 is 0 Å². The lowest BCUT2D eigenvalue weighted by Gasteiger charge is -2.17. The van der Waals surface area contributed by atoms with Gasteiger partial charge in [-0.25, -0.2) is 4.79 Å². The van der Waals surface area contributed by atoms with E-state index >= 15 is 0 Å². The molecule has 0 N–H and O–H groups in total. The van der Waals surface area contributed by atoms with Crippen LogP contribution in [0.1, 0.15) is 26.2 Å². The van der Waals surface area contributed by atoms with Gasteiger partial charge in [0.15, 0.2) is 0 Å². The first-order chi connectivity index (χ1) is 8.79. The van der Waals surface area contributed by atoms with E-state index in [-0.39, 0.29) is 5.76 Å². The van der Waals surface area contributed by atoms with Gasteiger partial charge in [-0.2, -0.15) is 0 Å². The third-order valence-corrected chi connectivity index (χ3v) is 2.59. The Hall–Kier alpha value is -1.97. The molecule has 2 rings (SSSR count). The topological polar surface area (TPSA) is 44.8 Å². The average molecular weight is 248 g/mol. The molecule has 0 radical (unpaired) electrons. The van der Waals surface area contributed by atoms with E-state index in [1.54, 1.807) is 6.92 Å². The molecule has 0 saturated heterocycles. The molecule has 0 unspecified atom stereocenters. The maximum Gasteiger partial charge on any atom is 0.377 e. The summed E-state index contributed by atoms with van der Waals surface area (Å²) < 4.78 is 15.4. The highest BCUT2D eigenvalue weighted by Crippen LogP contribution is 2.24. The normalized spacial score (nSPS) is 17.9. The molecule has 0 bridgehead atoms. The van der Waals surface area contributed by atoms with E-state index in [1.165, 1.54) is 18.1 Å². The highest BCUT2D eigenvalue weighted by Gasteiger charge is 2.19. The highest BCUT2D eigenvalue weighted by atomic mass is 16.6. The molecule has 2 aliphatic rings. The zero-order valence-corrected chi connectivity index (χ0v) is 10.3. The molecule has 0 fully saturated rings. The summed E-state index contributed by atoms with van der Waals surface area (Å²) in [5, 5.41) is 0. The van der Waals surface area contributed by atoms with Gasteiger partial charge in [0.2, 0.25) is 5.76 Å². The molecular formula is C14H16O4. The van der Waals surface area contributed by atoms with E-state index in [1.807, 2.05) is 6.08 Å².